The van der Waals surface area contributed by atoms with Gasteiger partial charge >= 0.3 is 0 Å². The van der Waals surface area contributed by atoms with Gasteiger partial charge in [-0.05, 0) is 24.3 Å². The molecule has 0 spiro atoms. The topological polar surface area (TPSA) is 0 Å². The highest BCUT2D eigenvalue weighted by atomic mass is 32.2. The van der Waals surface area contributed by atoms with Crippen LogP contribution in [0.1, 0.15) is 0 Å². The van der Waals surface area contributed by atoms with E-state index in [0.717, 1.165) is 25.0 Å². The maximum absolute atomic E-state index is 13.1. The summed E-state index contributed by atoms with van der Waals surface area (Å²) in [4.78, 5) is 4.34. The Bertz CT molecular complexity index is 517. The van der Waals surface area contributed by atoms with Gasteiger partial charge in [-0.25, -0.2) is 4.39 Å². The average Bonchev–Trinajstić information content (AvgIpc) is 2.26. The lowest BCUT2D eigenvalue weighted by molar-refractivity contribution is 0.621. The quantitative estimate of drug-likeness (QED) is 0.557. The molecule has 1 aliphatic rings. The smallest absolute Gasteiger partial charge is 0.124 e. The van der Waals surface area contributed by atoms with Crippen LogP contribution in [0.25, 0.3) is 0 Å². The summed E-state index contributed by atoms with van der Waals surface area (Å²) in [5.41, 5.74) is 0.761. The number of fused-ring (bicyclic) bond motifs is 2. The SMILES string of the molecule is [B]c1ccc2c(c1)Sc1ccc(F)cc1S2. The summed E-state index contributed by atoms with van der Waals surface area (Å²) >= 11 is 3.23. The molecule has 3 rings (SSSR count). The van der Waals surface area contributed by atoms with Crippen LogP contribution in [-0.4, -0.2) is 7.85 Å². The minimum Gasteiger partial charge on any atom is -0.207 e. The van der Waals surface area contributed by atoms with E-state index in [1.54, 1.807) is 29.6 Å². The second-order valence-corrected chi connectivity index (χ2v) is 5.67. The zero-order valence-corrected chi connectivity index (χ0v) is 9.87. The number of benzene rings is 2. The van der Waals surface area contributed by atoms with Crippen molar-refractivity contribution >= 4 is 36.8 Å². The van der Waals surface area contributed by atoms with Crippen LogP contribution < -0.4 is 5.46 Å². The summed E-state index contributed by atoms with van der Waals surface area (Å²) in [5.74, 6) is -0.189. The Morgan fingerprint density at radius 1 is 0.812 bits per heavy atom. The lowest BCUT2D eigenvalue weighted by Gasteiger charge is -2.18. The summed E-state index contributed by atoms with van der Waals surface area (Å²) < 4.78 is 13.1. The highest BCUT2D eigenvalue weighted by Gasteiger charge is 2.17. The predicted octanol–water partition coefficient (Wildman–Crippen LogP) is 3.24. The Balaban J connectivity index is 2.09. The number of hydrogen-bond donors (Lipinski definition) is 0. The zero-order chi connectivity index (χ0) is 11.1. The first-order valence-electron chi connectivity index (χ1n) is 4.77. The predicted molar refractivity (Wildman–Crippen MR) is 66.5 cm³/mol. The van der Waals surface area contributed by atoms with Gasteiger partial charge in [0.05, 0.1) is 0 Å². The van der Waals surface area contributed by atoms with E-state index in [1.807, 2.05) is 24.3 Å². The number of rotatable bonds is 0. The van der Waals surface area contributed by atoms with E-state index < -0.39 is 0 Å². The van der Waals surface area contributed by atoms with Gasteiger partial charge in [-0.2, -0.15) is 0 Å². The van der Waals surface area contributed by atoms with E-state index in [0.29, 0.717) is 0 Å². The van der Waals surface area contributed by atoms with Gasteiger partial charge in [0.15, 0.2) is 0 Å². The Hall–Kier alpha value is -0.865. The second-order valence-electron chi connectivity index (χ2n) is 3.50. The van der Waals surface area contributed by atoms with Crippen molar-refractivity contribution in [3.8, 4) is 0 Å². The molecule has 4 heteroatoms. The Morgan fingerprint density at radius 3 is 2.19 bits per heavy atom. The molecular formula is C12H6BFS2. The molecule has 1 heterocycles. The molecule has 0 saturated heterocycles. The average molecular weight is 244 g/mol. The fourth-order valence-corrected chi connectivity index (χ4v) is 3.84. The van der Waals surface area contributed by atoms with Gasteiger partial charge in [0.2, 0.25) is 0 Å². The molecule has 16 heavy (non-hydrogen) atoms. The molecule has 76 valence electrons. The van der Waals surface area contributed by atoms with Gasteiger partial charge in [0, 0.05) is 19.6 Å². The third kappa shape index (κ3) is 1.76. The maximum atomic E-state index is 13.1. The molecule has 0 bridgehead atoms. The van der Waals surface area contributed by atoms with Crippen LogP contribution in [0.2, 0.25) is 0 Å². The van der Waals surface area contributed by atoms with Crippen LogP contribution in [0.15, 0.2) is 56.0 Å². The normalized spacial score (nSPS) is 13.1. The molecule has 0 atom stereocenters. The molecule has 2 radical (unpaired) electrons. The molecule has 1 aliphatic heterocycles. The van der Waals surface area contributed by atoms with Crippen molar-refractivity contribution in [1.82, 2.24) is 0 Å². The standard InChI is InChI=1S/C12H6BFS2/c13-7-1-3-9-11(5-7)15-10-4-2-8(14)6-12(10)16-9/h1-6H. The second kappa shape index (κ2) is 3.86. The maximum Gasteiger partial charge on any atom is 0.124 e. The lowest BCUT2D eigenvalue weighted by atomic mass is 9.97. The van der Waals surface area contributed by atoms with E-state index in [2.05, 4.69) is 0 Å². The minimum atomic E-state index is -0.189. The molecule has 0 saturated carbocycles. The van der Waals surface area contributed by atoms with Crippen molar-refractivity contribution in [2.45, 2.75) is 19.6 Å². The zero-order valence-electron chi connectivity index (χ0n) is 8.24. The first-order valence-corrected chi connectivity index (χ1v) is 6.40. The van der Waals surface area contributed by atoms with Crippen LogP contribution in [0.3, 0.4) is 0 Å². The van der Waals surface area contributed by atoms with Gasteiger partial charge in [-0.1, -0.05) is 41.1 Å². The van der Waals surface area contributed by atoms with E-state index in [-0.39, 0.29) is 5.82 Å². The summed E-state index contributed by atoms with van der Waals surface area (Å²) in [6.45, 7) is 0. The minimum absolute atomic E-state index is 0.189. The van der Waals surface area contributed by atoms with Gasteiger partial charge in [-0.15, -0.1) is 0 Å². The van der Waals surface area contributed by atoms with Crippen molar-refractivity contribution in [1.29, 1.82) is 0 Å². The summed E-state index contributed by atoms with van der Waals surface area (Å²) in [6.07, 6.45) is 0. The summed E-state index contributed by atoms with van der Waals surface area (Å²) in [5, 5.41) is 0. The van der Waals surface area contributed by atoms with Crippen molar-refractivity contribution in [2.24, 2.45) is 0 Å². The Morgan fingerprint density at radius 2 is 1.44 bits per heavy atom. The van der Waals surface area contributed by atoms with Crippen molar-refractivity contribution in [3.63, 3.8) is 0 Å². The lowest BCUT2D eigenvalue weighted by Crippen LogP contribution is -2.02. The third-order valence-corrected chi connectivity index (χ3v) is 4.84. The Kier molecular flexibility index (Phi) is 2.48. The van der Waals surface area contributed by atoms with Crippen molar-refractivity contribution < 1.29 is 4.39 Å². The molecule has 0 aromatic heterocycles. The van der Waals surface area contributed by atoms with Gasteiger partial charge in [0.1, 0.15) is 13.7 Å². The molecule has 0 amide bonds. The van der Waals surface area contributed by atoms with Crippen LogP contribution in [0.5, 0.6) is 0 Å². The molecular weight excluding hydrogens is 238 g/mol. The third-order valence-electron chi connectivity index (χ3n) is 2.31. The molecule has 2 aromatic carbocycles. The number of hydrogen-bond acceptors (Lipinski definition) is 2. The van der Waals surface area contributed by atoms with Crippen molar-refractivity contribution in [2.75, 3.05) is 0 Å². The van der Waals surface area contributed by atoms with E-state index >= 15 is 0 Å². The first-order chi connectivity index (χ1) is 7.72. The van der Waals surface area contributed by atoms with Gasteiger partial charge in [-0.3, -0.25) is 0 Å². The first kappa shape index (κ1) is 10.3. The molecule has 0 unspecified atom stereocenters. The van der Waals surface area contributed by atoms with Crippen LogP contribution >= 0.6 is 23.5 Å². The number of halogens is 1. The highest BCUT2D eigenvalue weighted by Crippen LogP contribution is 2.47. The monoisotopic (exact) mass is 244 g/mol. The van der Waals surface area contributed by atoms with E-state index in [1.165, 1.54) is 6.07 Å². The van der Waals surface area contributed by atoms with Crippen LogP contribution in [0.4, 0.5) is 4.39 Å². The Labute approximate surface area is 103 Å². The van der Waals surface area contributed by atoms with Crippen LogP contribution in [-0.2, 0) is 0 Å². The summed E-state index contributed by atoms with van der Waals surface area (Å²) in [6, 6.07) is 10.7. The molecule has 2 aromatic rings. The fourth-order valence-electron chi connectivity index (χ4n) is 1.57. The summed E-state index contributed by atoms with van der Waals surface area (Å²) in [7, 11) is 5.74. The van der Waals surface area contributed by atoms with Gasteiger partial charge < -0.3 is 0 Å². The van der Waals surface area contributed by atoms with Crippen molar-refractivity contribution in [3.05, 3.63) is 42.2 Å². The van der Waals surface area contributed by atoms with Gasteiger partial charge in [0.25, 0.3) is 0 Å². The largest absolute Gasteiger partial charge is 0.207 e. The van der Waals surface area contributed by atoms with E-state index in [4.69, 9.17) is 7.85 Å². The molecule has 0 N–H and O–H groups in total. The highest BCUT2D eigenvalue weighted by molar-refractivity contribution is 8.05. The molecule has 0 nitrogen and oxygen atoms in total. The van der Waals surface area contributed by atoms with E-state index in [9.17, 15) is 4.39 Å². The molecule has 0 fully saturated rings. The molecule has 0 aliphatic carbocycles. The van der Waals surface area contributed by atoms with Crippen LogP contribution in [0, 0.1) is 5.82 Å². The fraction of sp³-hybridized carbons (Fsp3) is 0.